The number of nitro benzene ring substituents is 1. The Bertz CT molecular complexity index is 1520. The van der Waals surface area contributed by atoms with Gasteiger partial charge in [-0.3, -0.25) is 20.2 Å². The average molecular weight is 539 g/mol. The lowest BCUT2D eigenvalue weighted by Gasteiger charge is -2.12. The van der Waals surface area contributed by atoms with Crippen molar-refractivity contribution in [2.45, 2.75) is 26.2 Å². The highest BCUT2D eigenvalue weighted by Crippen LogP contribution is 2.32. The molecule has 4 rings (SSSR count). The third kappa shape index (κ3) is 5.71. The zero-order valence-electron chi connectivity index (χ0n) is 20.2. The summed E-state index contributed by atoms with van der Waals surface area (Å²) < 4.78 is 10.9. The molecular formula is C26H23ClN4O5S. The molecule has 4 aromatic rings. The Hall–Kier alpha value is -4.02. The summed E-state index contributed by atoms with van der Waals surface area (Å²) in [7, 11) is 1.31. The number of carbonyl (C=O) groups is 1. The zero-order valence-corrected chi connectivity index (χ0v) is 21.8. The highest BCUT2D eigenvalue weighted by atomic mass is 35.5. The van der Waals surface area contributed by atoms with Crippen LogP contribution < -0.4 is 15.4 Å². The molecular weight excluding hydrogens is 516 g/mol. The third-order valence-corrected chi connectivity index (χ3v) is 6.45. The van der Waals surface area contributed by atoms with Gasteiger partial charge >= 0.3 is 5.69 Å². The van der Waals surface area contributed by atoms with Gasteiger partial charge < -0.3 is 14.5 Å². The molecule has 1 atom stereocenters. The van der Waals surface area contributed by atoms with Crippen molar-refractivity contribution in [3.63, 3.8) is 0 Å². The van der Waals surface area contributed by atoms with Crippen LogP contribution in [0.25, 0.3) is 22.6 Å². The molecule has 1 heterocycles. The van der Waals surface area contributed by atoms with Crippen LogP contribution in [-0.4, -0.2) is 28.0 Å². The van der Waals surface area contributed by atoms with Crippen LogP contribution in [0.4, 0.5) is 11.4 Å². The number of halogens is 1. The van der Waals surface area contributed by atoms with Crippen LogP contribution in [0.15, 0.2) is 59.0 Å². The predicted molar refractivity (Wildman–Crippen MR) is 146 cm³/mol. The minimum absolute atomic E-state index is 0.0414. The first kappa shape index (κ1) is 26.1. The van der Waals surface area contributed by atoms with Crippen molar-refractivity contribution in [1.82, 2.24) is 10.3 Å². The fraction of sp³-hybridized carbons (Fsp3) is 0.192. The number of benzene rings is 3. The fourth-order valence-electron chi connectivity index (χ4n) is 3.67. The Balaban J connectivity index is 1.52. The van der Waals surface area contributed by atoms with E-state index in [4.69, 9.17) is 33.0 Å². The van der Waals surface area contributed by atoms with Gasteiger partial charge in [0.2, 0.25) is 5.89 Å². The molecule has 0 spiro atoms. The maximum Gasteiger partial charge on any atom is 0.311 e. The van der Waals surface area contributed by atoms with Gasteiger partial charge in [0.15, 0.2) is 16.4 Å². The number of methoxy groups -OCH3 is 1. The zero-order chi connectivity index (χ0) is 26.7. The molecule has 1 amide bonds. The molecule has 3 aromatic carbocycles. The van der Waals surface area contributed by atoms with Gasteiger partial charge in [0.25, 0.3) is 5.91 Å². The Morgan fingerprint density at radius 3 is 2.70 bits per heavy atom. The molecule has 9 nitrogen and oxygen atoms in total. The first-order chi connectivity index (χ1) is 17.7. The summed E-state index contributed by atoms with van der Waals surface area (Å²) in [6, 6.07) is 15.0. The molecule has 0 saturated heterocycles. The fourth-order valence-corrected chi connectivity index (χ4v) is 4.03. The molecule has 0 radical (unpaired) electrons. The van der Waals surface area contributed by atoms with Gasteiger partial charge in [0.1, 0.15) is 5.52 Å². The highest BCUT2D eigenvalue weighted by Gasteiger charge is 2.19. The van der Waals surface area contributed by atoms with Crippen molar-refractivity contribution < 1.29 is 18.9 Å². The number of nitrogens with one attached hydrogen (secondary N) is 2. The summed E-state index contributed by atoms with van der Waals surface area (Å²) in [4.78, 5) is 27.9. The number of hydrogen-bond acceptors (Lipinski definition) is 7. The van der Waals surface area contributed by atoms with Crippen molar-refractivity contribution in [3.05, 3.63) is 80.9 Å². The smallest absolute Gasteiger partial charge is 0.311 e. The number of rotatable bonds is 7. The monoisotopic (exact) mass is 538 g/mol. The van der Waals surface area contributed by atoms with Crippen LogP contribution in [0.3, 0.4) is 0 Å². The van der Waals surface area contributed by atoms with Crippen LogP contribution in [-0.2, 0) is 0 Å². The van der Waals surface area contributed by atoms with Crippen LogP contribution >= 0.6 is 23.8 Å². The van der Waals surface area contributed by atoms with Crippen LogP contribution in [0.5, 0.6) is 5.75 Å². The number of fused-ring (bicyclic) bond motifs is 1. The number of aromatic nitrogens is 1. The predicted octanol–water partition coefficient (Wildman–Crippen LogP) is 6.71. The Morgan fingerprint density at radius 2 is 2.00 bits per heavy atom. The van der Waals surface area contributed by atoms with Crippen molar-refractivity contribution in [2.24, 2.45) is 0 Å². The third-order valence-electron chi connectivity index (χ3n) is 5.92. The molecule has 1 aromatic heterocycles. The van der Waals surface area contributed by atoms with E-state index in [0.717, 1.165) is 18.0 Å². The first-order valence-corrected chi connectivity index (χ1v) is 12.1. The SMILES string of the molecule is CC[C@H](C)c1ccc2oc(-c3ccc(Cl)c(NC(=S)NC(=O)c4ccc(OC)c([N+](=O)[O-])c4)c3)nc2c1. The van der Waals surface area contributed by atoms with Crippen LogP contribution in [0.1, 0.15) is 42.1 Å². The molecule has 0 unspecified atom stereocenters. The maximum absolute atomic E-state index is 12.6. The van der Waals surface area contributed by atoms with Crippen molar-refractivity contribution in [2.75, 3.05) is 12.4 Å². The Labute approximate surface area is 222 Å². The summed E-state index contributed by atoms with van der Waals surface area (Å²) in [5.41, 5.74) is 3.41. The van der Waals surface area contributed by atoms with E-state index in [1.807, 2.05) is 18.2 Å². The number of oxazole rings is 1. The van der Waals surface area contributed by atoms with Gasteiger partial charge in [0, 0.05) is 17.2 Å². The van der Waals surface area contributed by atoms with Gasteiger partial charge in [-0.1, -0.05) is 31.5 Å². The molecule has 0 aliphatic heterocycles. The minimum Gasteiger partial charge on any atom is -0.490 e. The Morgan fingerprint density at radius 1 is 1.22 bits per heavy atom. The van der Waals surface area contributed by atoms with Crippen LogP contribution in [0, 0.1) is 10.1 Å². The van der Waals surface area contributed by atoms with Gasteiger partial charge in [-0.2, -0.15) is 0 Å². The number of thiocarbonyl (C=S) groups is 1. The number of ether oxygens (including phenoxy) is 1. The lowest BCUT2D eigenvalue weighted by molar-refractivity contribution is -0.385. The molecule has 0 aliphatic carbocycles. The van der Waals surface area contributed by atoms with E-state index in [1.54, 1.807) is 18.2 Å². The second-order valence-corrected chi connectivity index (χ2v) is 9.12. The van der Waals surface area contributed by atoms with Gasteiger partial charge in [-0.15, -0.1) is 0 Å². The molecule has 0 aliphatic rings. The highest BCUT2D eigenvalue weighted by molar-refractivity contribution is 7.80. The number of hydrogen-bond donors (Lipinski definition) is 2. The topological polar surface area (TPSA) is 120 Å². The number of amides is 1. The number of anilines is 1. The molecule has 0 bridgehead atoms. The van der Waals surface area contributed by atoms with Crippen molar-refractivity contribution in [1.29, 1.82) is 0 Å². The quantitative estimate of drug-likeness (QED) is 0.151. The van der Waals surface area contributed by atoms with Gasteiger partial charge in [-0.05, 0) is 72.6 Å². The van der Waals surface area contributed by atoms with Crippen molar-refractivity contribution in [3.8, 4) is 17.2 Å². The average Bonchev–Trinajstić information content (AvgIpc) is 3.32. The number of carbonyl (C=O) groups excluding carboxylic acids is 1. The van der Waals surface area contributed by atoms with Gasteiger partial charge in [0.05, 0.1) is 22.7 Å². The van der Waals surface area contributed by atoms with E-state index in [2.05, 4.69) is 29.5 Å². The van der Waals surface area contributed by atoms with E-state index in [0.29, 0.717) is 33.7 Å². The minimum atomic E-state index is -0.633. The summed E-state index contributed by atoms with van der Waals surface area (Å²) in [5.74, 6) is 0.236. The summed E-state index contributed by atoms with van der Waals surface area (Å²) in [6.07, 6.45) is 1.02. The largest absolute Gasteiger partial charge is 0.490 e. The second kappa shape index (κ2) is 10.9. The standard InChI is InChI=1S/C26H23ClN4O5S/c1-4-14(2)15-6-9-22-20(11-15)28-25(36-22)17-5-8-18(27)19(12-17)29-26(37)30-24(32)16-7-10-23(35-3)21(13-16)31(33)34/h5-14H,4H2,1-3H3,(H2,29,30,32,37)/t14-/m0/s1. The summed E-state index contributed by atoms with van der Waals surface area (Å²) in [6.45, 7) is 4.30. The Kier molecular flexibility index (Phi) is 7.70. The van der Waals surface area contributed by atoms with Crippen molar-refractivity contribution >= 4 is 57.3 Å². The first-order valence-electron chi connectivity index (χ1n) is 11.3. The van der Waals surface area contributed by atoms with E-state index in [-0.39, 0.29) is 22.1 Å². The summed E-state index contributed by atoms with van der Waals surface area (Å²) in [5, 5.41) is 16.9. The molecule has 11 heteroatoms. The molecule has 37 heavy (non-hydrogen) atoms. The van der Waals surface area contributed by atoms with E-state index < -0.39 is 10.8 Å². The van der Waals surface area contributed by atoms with Gasteiger partial charge in [-0.25, -0.2) is 4.98 Å². The maximum atomic E-state index is 12.6. The molecule has 0 saturated carbocycles. The number of nitrogens with zero attached hydrogens (tertiary/aromatic N) is 2. The summed E-state index contributed by atoms with van der Waals surface area (Å²) >= 11 is 11.6. The molecule has 2 N–H and O–H groups in total. The lowest BCUT2D eigenvalue weighted by atomic mass is 9.98. The van der Waals surface area contributed by atoms with Crippen LogP contribution in [0.2, 0.25) is 5.02 Å². The molecule has 0 fully saturated rings. The molecule has 190 valence electrons. The second-order valence-electron chi connectivity index (χ2n) is 8.30. The van der Waals surface area contributed by atoms with E-state index in [1.165, 1.54) is 24.8 Å². The lowest BCUT2D eigenvalue weighted by Crippen LogP contribution is -2.34. The van der Waals surface area contributed by atoms with E-state index in [9.17, 15) is 14.9 Å². The normalized spacial score (nSPS) is 11.7. The van der Waals surface area contributed by atoms with E-state index >= 15 is 0 Å². The number of nitro groups is 1.